The fourth-order valence-corrected chi connectivity index (χ4v) is 3.34. The van der Waals surface area contributed by atoms with Gasteiger partial charge in [0.15, 0.2) is 23.5 Å². The first-order chi connectivity index (χ1) is 14.8. The first-order valence-corrected chi connectivity index (χ1v) is 9.36. The predicted molar refractivity (Wildman–Crippen MR) is 106 cm³/mol. The van der Waals surface area contributed by atoms with E-state index in [2.05, 4.69) is 0 Å². The summed E-state index contributed by atoms with van der Waals surface area (Å²) in [6.45, 7) is -0.470. The molecule has 0 spiro atoms. The lowest BCUT2D eigenvalue weighted by atomic mass is 9.99. The van der Waals surface area contributed by atoms with E-state index in [1.165, 1.54) is 24.3 Å². The van der Waals surface area contributed by atoms with Crippen LogP contribution in [0.1, 0.15) is 0 Å². The average Bonchev–Trinajstić information content (AvgIpc) is 2.76. The Balaban J connectivity index is 1.74. The van der Waals surface area contributed by atoms with E-state index >= 15 is 0 Å². The van der Waals surface area contributed by atoms with Gasteiger partial charge in [0, 0.05) is 5.56 Å². The monoisotopic (exact) mass is 432 g/mol. The topological polar surface area (TPSA) is 170 Å². The second-order valence-electron chi connectivity index (χ2n) is 7.14. The molecule has 1 aromatic heterocycles. The molecule has 0 saturated carbocycles. The summed E-state index contributed by atoms with van der Waals surface area (Å²) in [5.74, 6) is -1.12. The zero-order chi connectivity index (χ0) is 22.3. The molecule has 10 nitrogen and oxygen atoms in total. The first-order valence-electron chi connectivity index (χ1n) is 9.36. The number of rotatable bonds is 4. The number of aliphatic hydroxyl groups is 4. The van der Waals surface area contributed by atoms with Crippen molar-refractivity contribution >= 4 is 11.0 Å². The number of hydrogen-bond acceptors (Lipinski definition) is 10. The highest BCUT2D eigenvalue weighted by atomic mass is 16.6. The number of ether oxygens (including phenoxy) is 2. The highest BCUT2D eigenvalue weighted by Crippen LogP contribution is 2.36. The van der Waals surface area contributed by atoms with Crippen LogP contribution in [0.2, 0.25) is 0 Å². The Hall–Kier alpha value is -3.15. The van der Waals surface area contributed by atoms with Gasteiger partial charge in [-0.1, -0.05) is 12.1 Å². The SMILES string of the molecule is O=c1c(OC[C@H]2O[C@H](O)[C@H](O)[C@@H](O)[C@@H]2O)c(-c2ccc(O)c(O)c2)oc2ccccc12. The number of para-hydroxylation sites is 1. The van der Waals surface area contributed by atoms with E-state index in [9.17, 15) is 35.4 Å². The molecule has 1 aliphatic heterocycles. The van der Waals surface area contributed by atoms with Crippen molar-refractivity contribution in [2.24, 2.45) is 0 Å². The van der Waals surface area contributed by atoms with Crippen LogP contribution in [0.5, 0.6) is 17.2 Å². The van der Waals surface area contributed by atoms with Gasteiger partial charge in [0.25, 0.3) is 0 Å². The standard InChI is InChI=1S/C21H20O10/c22-11-6-5-9(7-12(11)23)19-20(15(24)10-3-1-2-4-13(10)30-19)29-8-14-16(25)17(26)18(27)21(28)31-14/h1-7,14,16-18,21-23,25-28H,8H2/t14-,16-,17+,18-,21+/m1/s1. The number of hydrogen-bond donors (Lipinski definition) is 6. The summed E-state index contributed by atoms with van der Waals surface area (Å²) in [5.41, 5.74) is -0.0602. The molecule has 6 N–H and O–H groups in total. The lowest BCUT2D eigenvalue weighted by Gasteiger charge is -2.38. The molecule has 31 heavy (non-hydrogen) atoms. The van der Waals surface area contributed by atoms with Gasteiger partial charge in [-0.2, -0.15) is 0 Å². The van der Waals surface area contributed by atoms with Crippen LogP contribution >= 0.6 is 0 Å². The molecule has 164 valence electrons. The quantitative estimate of drug-likeness (QED) is 0.310. The Kier molecular flexibility index (Phi) is 5.56. The van der Waals surface area contributed by atoms with Crippen molar-refractivity contribution in [2.45, 2.75) is 30.7 Å². The summed E-state index contributed by atoms with van der Waals surface area (Å²) >= 11 is 0. The number of phenolic OH excluding ortho intramolecular Hbond substituents is 2. The van der Waals surface area contributed by atoms with E-state index in [0.29, 0.717) is 0 Å². The molecule has 0 radical (unpaired) electrons. The van der Waals surface area contributed by atoms with Gasteiger partial charge in [-0.25, -0.2) is 0 Å². The van der Waals surface area contributed by atoms with Crippen molar-refractivity contribution in [1.82, 2.24) is 0 Å². The van der Waals surface area contributed by atoms with Crippen LogP contribution in [-0.4, -0.2) is 68.0 Å². The molecule has 0 unspecified atom stereocenters. The molecular formula is C21H20O10. The molecular weight excluding hydrogens is 412 g/mol. The molecule has 0 bridgehead atoms. The van der Waals surface area contributed by atoms with Gasteiger partial charge < -0.3 is 44.5 Å². The summed E-state index contributed by atoms with van der Waals surface area (Å²) in [6.07, 6.45) is -7.99. The maximum absolute atomic E-state index is 13.1. The Labute approximate surface area is 174 Å². The fraction of sp³-hybridized carbons (Fsp3) is 0.286. The number of aromatic hydroxyl groups is 2. The molecule has 0 amide bonds. The molecule has 10 heteroatoms. The second-order valence-corrected chi connectivity index (χ2v) is 7.14. The first kappa shape index (κ1) is 21.1. The molecule has 1 fully saturated rings. The molecule has 2 heterocycles. The minimum absolute atomic E-state index is 0.0505. The van der Waals surface area contributed by atoms with Crippen molar-refractivity contribution in [3.8, 4) is 28.6 Å². The van der Waals surface area contributed by atoms with Gasteiger partial charge in [0.05, 0.1) is 5.39 Å². The van der Waals surface area contributed by atoms with Crippen molar-refractivity contribution in [3.63, 3.8) is 0 Å². The predicted octanol–water partition coefficient (Wildman–Crippen LogP) is 0.0499. The number of phenols is 2. The van der Waals surface area contributed by atoms with Gasteiger partial charge in [0.2, 0.25) is 11.2 Å². The Morgan fingerprint density at radius 3 is 2.39 bits per heavy atom. The summed E-state index contributed by atoms with van der Waals surface area (Å²) in [7, 11) is 0. The summed E-state index contributed by atoms with van der Waals surface area (Å²) < 4.78 is 16.5. The van der Waals surface area contributed by atoms with E-state index in [1.807, 2.05) is 0 Å². The maximum atomic E-state index is 13.1. The maximum Gasteiger partial charge on any atom is 0.235 e. The normalized spacial score (nSPS) is 26.1. The molecule has 5 atom stereocenters. The van der Waals surface area contributed by atoms with Crippen molar-refractivity contribution in [1.29, 1.82) is 0 Å². The third kappa shape index (κ3) is 3.82. The van der Waals surface area contributed by atoms with Crippen LogP contribution in [0.4, 0.5) is 0 Å². The van der Waals surface area contributed by atoms with Crippen molar-refractivity contribution in [2.75, 3.05) is 6.61 Å². The van der Waals surface area contributed by atoms with Crippen LogP contribution in [0, 0.1) is 0 Å². The lowest BCUT2D eigenvalue weighted by molar-refractivity contribution is -0.285. The van der Waals surface area contributed by atoms with E-state index in [1.54, 1.807) is 18.2 Å². The fourth-order valence-electron chi connectivity index (χ4n) is 3.34. The van der Waals surface area contributed by atoms with Crippen molar-refractivity contribution in [3.05, 3.63) is 52.7 Å². The zero-order valence-electron chi connectivity index (χ0n) is 16.0. The summed E-state index contributed by atoms with van der Waals surface area (Å²) in [5, 5.41) is 58.9. The molecule has 2 aromatic carbocycles. The summed E-state index contributed by atoms with van der Waals surface area (Å²) in [4.78, 5) is 13.1. The molecule has 1 saturated heterocycles. The minimum Gasteiger partial charge on any atom is -0.504 e. The van der Waals surface area contributed by atoms with Gasteiger partial charge in [-0.15, -0.1) is 0 Å². The molecule has 4 rings (SSSR count). The Bertz CT molecular complexity index is 1160. The Morgan fingerprint density at radius 2 is 1.65 bits per heavy atom. The summed E-state index contributed by atoms with van der Waals surface area (Å²) in [6, 6.07) is 10.2. The van der Waals surface area contributed by atoms with Crippen LogP contribution < -0.4 is 10.2 Å². The van der Waals surface area contributed by atoms with Crippen LogP contribution in [0.25, 0.3) is 22.3 Å². The highest BCUT2D eigenvalue weighted by Gasteiger charge is 2.43. The van der Waals surface area contributed by atoms with E-state index < -0.39 is 48.5 Å². The third-order valence-electron chi connectivity index (χ3n) is 5.07. The second kappa shape index (κ2) is 8.17. The smallest absolute Gasteiger partial charge is 0.235 e. The highest BCUT2D eigenvalue weighted by molar-refractivity contribution is 5.82. The van der Waals surface area contributed by atoms with Gasteiger partial charge in [0.1, 0.15) is 36.6 Å². The van der Waals surface area contributed by atoms with Gasteiger partial charge >= 0.3 is 0 Å². The van der Waals surface area contributed by atoms with Crippen molar-refractivity contribution < 1.29 is 44.5 Å². The van der Waals surface area contributed by atoms with Crippen LogP contribution in [-0.2, 0) is 4.74 Å². The third-order valence-corrected chi connectivity index (χ3v) is 5.07. The van der Waals surface area contributed by atoms with E-state index in [4.69, 9.17) is 13.9 Å². The van der Waals surface area contributed by atoms with Gasteiger partial charge in [-0.3, -0.25) is 4.79 Å². The molecule has 3 aromatic rings. The average molecular weight is 432 g/mol. The van der Waals surface area contributed by atoms with E-state index in [0.717, 1.165) is 0 Å². The minimum atomic E-state index is -1.76. The van der Waals surface area contributed by atoms with Gasteiger partial charge in [-0.05, 0) is 30.3 Å². The van der Waals surface area contributed by atoms with Crippen LogP contribution in [0.15, 0.2) is 51.7 Å². The van der Waals surface area contributed by atoms with Crippen LogP contribution in [0.3, 0.4) is 0 Å². The lowest BCUT2D eigenvalue weighted by Crippen LogP contribution is -2.58. The largest absolute Gasteiger partial charge is 0.504 e. The van der Waals surface area contributed by atoms with E-state index in [-0.39, 0.29) is 33.8 Å². The number of aliphatic hydroxyl groups excluding tert-OH is 4. The Morgan fingerprint density at radius 1 is 0.903 bits per heavy atom. The molecule has 0 aliphatic carbocycles. The number of fused-ring (bicyclic) bond motifs is 1. The zero-order valence-corrected chi connectivity index (χ0v) is 16.0. The number of benzene rings is 2. The molecule has 1 aliphatic rings.